The molecule has 0 bridgehead atoms. The van der Waals surface area contributed by atoms with E-state index in [4.69, 9.17) is 5.73 Å². The highest BCUT2D eigenvalue weighted by atomic mass is 19.1. The van der Waals surface area contributed by atoms with Crippen LogP contribution in [0.15, 0.2) is 12.1 Å². The molecular formula is C14H17F3N2O. The van der Waals surface area contributed by atoms with Crippen LogP contribution in [0.5, 0.6) is 0 Å². The standard InChI is InChI=1S/C14H17F3N2O/c1-8-3-2-4-19(12(8)7-18)14(20)13-10(16)5-9(15)6-11(13)17/h5-6,8,12H,2-4,7,18H2,1H3. The minimum Gasteiger partial charge on any atom is -0.334 e. The average Bonchev–Trinajstić information content (AvgIpc) is 2.37. The summed E-state index contributed by atoms with van der Waals surface area (Å²) in [5.41, 5.74) is 4.95. The topological polar surface area (TPSA) is 46.3 Å². The molecule has 0 spiro atoms. The second-order valence-corrected chi connectivity index (χ2v) is 5.17. The van der Waals surface area contributed by atoms with Gasteiger partial charge in [-0.05, 0) is 18.8 Å². The Morgan fingerprint density at radius 3 is 2.50 bits per heavy atom. The fourth-order valence-corrected chi connectivity index (χ4v) is 2.75. The smallest absolute Gasteiger partial charge is 0.260 e. The van der Waals surface area contributed by atoms with Gasteiger partial charge in [-0.3, -0.25) is 4.79 Å². The summed E-state index contributed by atoms with van der Waals surface area (Å²) < 4.78 is 40.3. The number of carbonyl (C=O) groups is 1. The monoisotopic (exact) mass is 286 g/mol. The third-order valence-corrected chi connectivity index (χ3v) is 3.84. The predicted molar refractivity (Wildman–Crippen MR) is 68.6 cm³/mol. The molecule has 1 aliphatic rings. The molecule has 2 rings (SSSR count). The van der Waals surface area contributed by atoms with Crippen molar-refractivity contribution in [2.45, 2.75) is 25.8 Å². The van der Waals surface area contributed by atoms with Crippen LogP contribution < -0.4 is 5.73 Å². The number of rotatable bonds is 2. The van der Waals surface area contributed by atoms with Crippen molar-refractivity contribution in [1.29, 1.82) is 0 Å². The van der Waals surface area contributed by atoms with Crippen molar-refractivity contribution in [1.82, 2.24) is 4.90 Å². The van der Waals surface area contributed by atoms with E-state index in [1.807, 2.05) is 6.92 Å². The SMILES string of the molecule is CC1CCCN(C(=O)c2c(F)cc(F)cc2F)C1CN. The van der Waals surface area contributed by atoms with Crippen molar-refractivity contribution < 1.29 is 18.0 Å². The Kier molecular flexibility index (Phi) is 4.32. The Bertz CT molecular complexity index is 498. The van der Waals surface area contributed by atoms with Crippen LogP contribution >= 0.6 is 0 Å². The number of halogens is 3. The lowest BCUT2D eigenvalue weighted by molar-refractivity contribution is 0.0522. The van der Waals surface area contributed by atoms with Gasteiger partial charge in [0.05, 0.1) is 0 Å². The van der Waals surface area contributed by atoms with Crippen LogP contribution in [-0.2, 0) is 0 Å². The van der Waals surface area contributed by atoms with Gasteiger partial charge in [0.15, 0.2) is 0 Å². The summed E-state index contributed by atoms with van der Waals surface area (Å²) in [5.74, 6) is -3.99. The first kappa shape index (κ1) is 14.8. The fraction of sp³-hybridized carbons (Fsp3) is 0.500. The van der Waals surface area contributed by atoms with E-state index >= 15 is 0 Å². The normalized spacial score (nSPS) is 22.9. The Labute approximate surface area is 115 Å². The second-order valence-electron chi connectivity index (χ2n) is 5.17. The molecule has 0 radical (unpaired) electrons. The molecular weight excluding hydrogens is 269 g/mol. The molecule has 1 aromatic rings. The average molecular weight is 286 g/mol. The van der Waals surface area contributed by atoms with Crippen LogP contribution in [0.2, 0.25) is 0 Å². The molecule has 110 valence electrons. The van der Waals surface area contributed by atoms with Gasteiger partial charge in [0.25, 0.3) is 5.91 Å². The van der Waals surface area contributed by atoms with Gasteiger partial charge in [-0.25, -0.2) is 13.2 Å². The van der Waals surface area contributed by atoms with Crippen LogP contribution in [0.4, 0.5) is 13.2 Å². The fourth-order valence-electron chi connectivity index (χ4n) is 2.75. The molecule has 1 heterocycles. The van der Waals surface area contributed by atoms with E-state index in [-0.39, 0.29) is 18.5 Å². The number of nitrogens with zero attached hydrogens (tertiary/aromatic N) is 1. The summed E-state index contributed by atoms with van der Waals surface area (Å²) in [5, 5.41) is 0. The number of piperidine rings is 1. The number of likely N-dealkylation sites (tertiary alicyclic amines) is 1. The first-order chi connectivity index (χ1) is 9.45. The number of hydrogen-bond donors (Lipinski definition) is 1. The van der Waals surface area contributed by atoms with Gasteiger partial charge in [-0.2, -0.15) is 0 Å². The molecule has 0 saturated carbocycles. The van der Waals surface area contributed by atoms with Crippen LogP contribution in [0.1, 0.15) is 30.1 Å². The largest absolute Gasteiger partial charge is 0.334 e. The van der Waals surface area contributed by atoms with Gasteiger partial charge < -0.3 is 10.6 Å². The zero-order valence-corrected chi connectivity index (χ0v) is 11.2. The Morgan fingerprint density at radius 2 is 1.95 bits per heavy atom. The van der Waals surface area contributed by atoms with Gasteiger partial charge >= 0.3 is 0 Å². The molecule has 1 aliphatic heterocycles. The summed E-state index contributed by atoms with van der Waals surface area (Å²) in [6.45, 7) is 2.59. The number of benzene rings is 1. The first-order valence-corrected chi connectivity index (χ1v) is 6.61. The van der Waals surface area contributed by atoms with Crippen molar-refractivity contribution in [2.75, 3.05) is 13.1 Å². The van der Waals surface area contributed by atoms with E-state index in [0.717, 1.165) is 12.8 Å². The molecule has 2 unspecified atom stereocenters. The number of hydrogen-bond acceptors (Lipinski definition) is 2. The molecule has 6 heteroatoms. The van der Waals surface area contributed by atoms with Gasteiger partial charge in [0.1, 0.15) is 23.0 Å². The number of amides is 1. The maximum Gasteiger partial charge on any atom is 0.260 e. The molecule has 1 fully saturated rings. The van der Waals surface area contributed by atoms with Gasteiger partial charge in [0.2, 0.25) is 0 Å². The van der Waals surface area contributed by atoms with E-state index < -0.39 is 28.9 Å². The summed E-state index contributed by atoms with van der Waals surface area (Å²) in [6.07, 6.45) is 1.67. The molecule has 0 aromatic heterocycles. The van der Waals surface area contributed by atoms with Gasteiger partial charge in [-0.15, -0.1) is 0 Å². The minimum atomic E-state index is -1.18. The molecule has 1 saturated heterocycles. The number of carbonyl (C=O) groups excluding carboxylic acids is 1. The highest BCUT2D eigenvalue weighted by Crippen LogP contribution is 2.26. The molecule has 2 N–H and O–H groups in total. The summed E-state index contributed by atoms with van der Waals surface area (Å²) in [4.78, 5) is 13.7. The zero-order chi connectivity index (χ0) is 14.9. The van der Waals surface area contributed by atoms with Crippen molar-refractivity contribution in [3.8, 4) is 0 Å². The van der Waals surface area contributed by atoms with E-state index in [9.17, 15) is 18.0 Å². The third kappa shape index (κ3) is 2.65. The Balaban J connectivity index is 2.35. The summed E-state index contributed by atoms with van der Waals surface area (Å²) >= 11 is 0. The van der Waals surface area contributed by atoms with Crippen LogP contribution in [-0.4, -0.2) is 29.9 Å². The van der Waals surface area contributed by atoms with Crippen molar-refractivity contribution in [2.24, 2.45) is 11.7 Å². The molecule has 1 amide bonds. The summed E-state index contributed by atoms with van der Waals surface area (Å²) in [6, 6.07) is 0.780. The van der Waals surface area contributed by atoms with E-state index in [1.54, 1.807) is 0 Å². The Hall–Kier alpha value is -1.56. The lowest BCUT2D eigenvalue weighted by Crippen LogP contribution is -2.51. The molecule has 3 nitrogen and oxygen atoms in total. The lowest BCUT2D eigenvalue weighted by Gasteiger charge is -2.39. The zero-order valence-electron chi connectivity index (χ0n) is 11.2. The van der Waals surface area contributed by atoms with Gasteiger partial charge in [-0.1, -0.05) is 6.92 Å². The van der Waals surface area contributed by atoms with Crippen LogP contribution in [0.3, 0.4) is 0 Å². The molecule has 2 atom stereocenters. The van der Waals surface area contributed by atoms with E-state index in [2.05, 4.69) is 0 Å². The van der Waals surface area contributed by atoms with Crippen LogP contribution in [0, 0.1) is 23.4 Å². The maximum atomic E-state index is 13.7. The van der Waals surface area contributed by atoms with Crippen molar-refractivity contribution >= 4 is 5.91 Å². The van der Waals surface area contributed by atoms with Crippen LogP contribution in [0.25, 0.3) is 0 Å². The third-order valence-electron chi connectivity index (χ3n) is 3.84. The quantitative estimate of drug-likeness (QED) is 0.906. The number of nitrogens with two attached hydrogens (primary N) is 1. The maximum absolute atomic E-state index is 13.7. The predicted octanol–water partition coefficient (Wildman–Crippen LogP) is 2.30. The highest BCUT2D eigenvalue weighted by molar-refractivity contribution is 5.95. The highest BCUT2D eigenvalue weighted by Gasteiger charge is 2.33. The first-order valence-electron chi connectivity index (χ1n) is 6.61. The van der Waals surface area contributed by atoms with E-state index in [1.165, 1.54) is 4.90 Å². The van der Waals surface area contributed by atoms with Crippen molar-refractivity contribution in [3.05, 3.63) is 35.1 Å². The molecule has 0 aliphatic carbocycles. The lowest BCUT2D eigenvalue weighted by atomic mass is 9.90. The van der Waals surface area contributed by atoms with Crippen molar-refractivity contribution in [3.63, 3.8) is 0 Å². The van der Waals surface area contributed by atoms with E-state index in [0.29, 0.717) is 18.7 Å². The second kappa shape index (κ2) is 5.83. The molecule has 1 aromatic carbocycles. The molecule has 20 heavy (non-hydrogen) atoms. The minimum absolute atomic E-state index is 0.171. The summed E-state index contributed by atoms with van der Waals surface area (Å²) in [7, 11) is 0. The Morgan fingerprint density at radius 1 is 1.35 bits per heavy atom. The van der Waals surface area contributed by atoms with Gasteiger partial charge in [0, 0.05) is 31.3 Å².